The zero-order chi connectivity index (χ0) is 9.84. The van der Waals surface area contributed by atoms with Crippen LogP contribution < -0.4 is 5.32 Å². The topological polar surface area (TPSA) is 86.6 Å². The molecule has 0 aliphatic rings. The number of para-hydroxylation sites is 1. The van der Waals surface area contributed by atoms with Crippen LogP contribution in [0.25, 0.3) is 0 Å². The first-order chi connectivity index (χ1) is 6.16. The quantitative estimate of drug-likeness (QED) is 0.472. The van der Waals surface area contributed by atoms with Gasteiger partial charge in [-0.15, -0.1) is 0 Å². The van der Waals surface area contributed by atoms with Gasteiger partial charge in [0.25, 0.3) is 0 Å². The Kier molecular flexibility index (Phi) is 2.49. The van der Waals surface area contributed by atoms with E-state index in [-0.39, 0.29) is 11.3 Å². The summed E-state index contributed by atoms with van der Waals surface area (Å²) in [7, 11) is 0. The van der Waals surface area contributed by atoms with Crippen molar-refractivity contribution in [3.8, 4) is 5.75 Å². The molecular weight excluding hydrogens is 174 g/mol. The van der Waals surface area contributed by atoms with Gasteiger partial charge in [-0.05, 0) is 12.1 Å². The number of rotatable bonds is 3. The van der Waals surface area contributed by atoms with E-state index in [4.69, 9.17) is 5.11 Å². The molecule has 1 aromatic carbocycles. The predicted octanol–water partition coefficient (Wildman–Crippen LogP) is 0.659. The van der Waals surface area contributed by atoms with Gasteiger partial charge in [0, 0.05) is 0 Å². The molecule has 5 nitrogen and oxygen atoms in total. The van der Waals surface area contributed by atoms with Crippen molar-refractivity contribution in [3.63, 3.8) is 0 Å². The van der Waals surface area contributed by atoms with Crippen LogP contribution in [0.4, 0.5) is 5.69 Å². The first-order valence-corrected chi connectivity index (χ1v) is 3.42. The fraction of sp³-hybridized carbons (Fsp3) is 0. The molecule has 0 spiro atoms. The molecule has 1 amide bonds. The first kappa shape index (κ1) is 9.05. The minimum absolute atomic E-state index is 0.0786. The first-order valence-electron chi connectivity index (χ1n) is 3.42. The third kappa shape index (κ3) is 1.76. The van der Waals surface area contributed by atoms with Gasteiger partial charge in [-0.3, -0.25) is 4.79 Å². The number of anilines is 1. The summed E-state index contributed by atoms with van der Waals surface area (Å²) in [6.07, 6.45) is 0.362. The van der Waals surface area contributed by atoms with Crippen molar-refractivity contribution in [1.82, 2.24) is 0 Å². The molecule has 1 aromatic rings. The molecule has 0 heterocycles. The van der Waals surface area contributed by atoms with Gasteiger partial charge < -0.3 is 15.5 Å². The molecule has 5 heteroatoms. The fourth-order valence-corrected chi connectivity index (χ4v) is 0.896. The monoisotopic (exact) mass is 181 g/mol. The molecule has 0 bridgehead atoms. The maximum Gasteiger partial charge on any atom is 0.339 e. The van der Waals surface area contributed by atoms with Gasteiger partial charge in [0.2, 0.25) is 6.41 Å². The highest BCUT2D eigenvalue weighted by atomic mass is 16.4. The van der Waals surface area contributed by atoms with Crippen LogP contribution in [0.3, 0.4) is 0 Å². The Labute approximate surface area is 73.6 Å². The van der Waals surface area contributed by atoms with Crippen LogP contribution in [0.2, 0.25) is 0 Å². The van der Waals surface area contributed by atoms with E-state index in [1.54, 1.807) is 0 Å². The summed E-state index contributed by atoms with van der Waals surface area (Å²) >= 11 is 0. The van der Waals surface area contributed by atoms with E-state index < -0.39 is 11.7 Å². The number of carboxylic acids is 1. The lowest BCUT2D eigenvalue weighted by molar-refractivity contribution is -0.105. The summed E-state index contributed by atoms with van der Waals surface area (Å²) in [6.45, 7) is 0. The van der Waals surface area contributed by atoms with Gasteiger partial charge in [-0.2, -0.15) is 0 Å². The third-order valence-corrected chi connectivity index (χ3v) is 1.48. The molecule has 0 aromatic heterocycles. The second-order valence-electron chi connectivity index (χ2n) is 2.27. The summed E-state index contributed by atoms with van der Waals surface area (Å²) in [5.74, 6) is -1.69. The van der Waals surface area contributed by atoms with Gasteiger partial charge in [0.05, 0.1) is 5.69 Å². The van der Waals surface area contributed by atoms with Crippen molar-refractivity contribution < 1.29 is 19.8 Å². The van der Waals surface area contributed by atoms with Crippen LogP contribution in [0.1, 0.15) is 10.4 Å². The summed E-state index contributed by atoms with van der Waals surface area (Å²) in [4.78, 5) is 20.5. The van der Waals surface area contributed by atoms with Gasteiger partial charge in [-0.25, -0.2) is 4.79 Å². The van der Waals surface area contributed by atoms with E-state index in [0.29, 0.717) is 6.41 Å². The Bertz CT molecular complexity index is 348. The number of aromatic hydroxyl groups is 1. The van der Waals surface area contributed by atoms with Gasteiger partial charge in [0.15, 0.2) is 5.75 Å². The van der Waals surface area contributed by atoms with Crippen LogP contribution in [-0.4, -0.2) is 22.6 Å². The van der Waals surface area contributed by atoms with Crippen molar-refractivity contribution in [2.45, 2.75) is 0 Å². The number of amides is 1. The summed E-state index contributed by atoms with van der Waals surface area (Å²) in [5.41, 5.74) is -0.165. The van der Waals surface area contributed by atoms with Gasteiger partial charge >= 0.3 is 5.97 Å². The van der Waals surface area contributed by atoms with E-state index in [1.165, 1.54) is 18.2 Å². The van der Waals surface area contributed by atoms with Gasteiger partial charge in [0.1, 0.15) is 5.56 Å². The molecule has 0 fully saturated rings. The van der Waals surface area contributed by atoms with Crippen molar-refractivity contribution in [1.29, 1.82) is 0 Å². The molecule has 0 atom stereocenters. The maximum absolute atomic E-state index is 10.5. The Hall–Kier alpha value is -2.04. The number of nitrogens with one attached hydrogen (secondary N) is 1. The van der Waals surface area contributed by atoms with Crippen molar-refractivity contribution >= 4 is 18.1 Å². The Morgan fingerprint density at radius 1 is 1.46 bits per heavy atom. The molecule has 0 radical (unpaired) electrons. The SMILES string of the molecule is O=CNc1cccc(C(=O)O)c1O. The van der Waals surface area contributed by atoms with Crippen LogP contribution in [0, 0.1) is 0 Å². The van der Waals surface area contributed by atoms with Crippen LogP contribution in [0.15, 0.2) is 18.2 Å². The van der Waals surface area contributed by atoms with E-state index in [2.05, 4.69) is 5.32 Å². The normalized spacial score (nSPS) is 9.23. The zero-order valence-corrected chi connectivity index (χ0v) is 6.52. The van der Waals surface area contributed by atoms with Crippen LogP contribution >= 0.6 is 0 Å². The van der Waals surface area contributed by atoms with Crippen LogP contribution in [-0.2, 0) is 4.79 Å². The number of aromatic carboxylic acids is 1. The smallest absolute Gasteiger partial charge is 0.339 e. The second-order valence-corrected chi connectivity index (χ2v) is 2.27. The molecule has 68 valence electrons. The van der Waals surface area contributed by atoms with E-state index >= 15 is 0 Å². The van der Waals surface area contributed by atoms with E-state index in [9.17, 15) is 14.7 Å². The summed E-state index contributed by atoms with van der Waals surface area (Å²) in [5, 5.41) is 20.0. The Morgan fingerprint density at radius 2 is 2.15 bits per heavy atom. The Balaban J connectivity index is 3.17. The molecule has 0 saturated heterocycles. The lowest BCUT2D eigenvalue weighted by Crippen LogP contribution is -2.00. The number of benzene rings is 1. The zero-order valence-electron chi connectivity index (χ0n) is 6.52. The van der Waals surface area contributed by atoms with E-state index in [0.717, 1.165) is 0 Å². The van der Waals surface area contributed by atoms with Gasteiger partial charge in [-0.1, -0.05) is 6.07 Å². The third-order valence-electron chi connectivity index (χ3n) is 1.48. The van der Waals surface area contributed by atoms with Crippen LogP contribution in [0.5, 0.6) is 5.75 Å². The van der Waals surface area contributed by atoms with Crippen molar-refractivity contribution in [2.75, 3.05) is 5.32 Å². The fourth-order valence-electron chi connectivity index (χ4n) is 0.896. The molecule has 13 heavy (non-hydrogen) atoms. The number of hydrogen-bond acceptors (Lipinski definition) is 3. The highest BCUT2D eigenvalue weighted by Crippen LogP contribution is 2.26. The number of carbonyl (C=O) groups excluding carboxylic acids is 1. The number of carboxylic acid groups (broad SMARTS) is 1. The highest BCUT2D eigenvalue weighted by molar-refractivity contribution is 5.94. The minimum atomic E-state index is -1.24. The molecule has 3 N–H and O–H groups in total. The summed E-state index contributed by atoms with van der Waals surface area (Å²) in [6, 6.07) is 4.07. The van der Waals surface area contributed by atoms with Crippen molar-refractivity contribution in [3.05, 3.63) is 23.8 Å². The summed E-state index contributed by atoms with van der Waals surface area (Å²) < 4.78 is 0. The lowest BCUT2D eigenvalue weighted by Gasteiger charge is -2.04. The molecule has 0 saturated carbocycles. The number of hydrogen-bond donors (Lipinski definition) is 3. The molecular formula is C8H7NO4. The molecule has 1 rings (SSSR count). The van der Waals surface area contributed by atoms with E-state index in [1.807, 2.05) is 0 Å². The average molecular weight is 181 g/mol. The second kappa shape index (κ2) is 3.57. The molecule has 0 unspecified atom stereocenters. The number of carbonyl (C=O) groups is 2. The molecule has 0 aliphatic heterocycles. The number of phenols is 1. The van der Waals surface area contributed by atoms with Crippen molar-refractivity contribution in [2.24, 2.45) is 0 Å². The average Bonchev–Trinajstić information content (AvgIpc) is 2.08. The predicted molar refractivity (Wildman–Crippen MR) is 44.8 cm³/mol. The Morgan fingerprint density at radius 3 is 2.69 bits per heavy atom. The minimum Gasteiger partial charge on any atom is -0.505 e. The highest BCUT2D eigenvalue weighted by Gasteiger charge is 2.11. The maximum atomic E-state index is 10.5. The standard InChI is InChI=1S/C8H7NO4/c10-4-9-6-3-1-2-5(7(6)11)8(12)13/h1-4,11H,(H,9,10)(H,12,13). The molecule has 0 aliphatic carbocycles. The largest absolute Gasteiger partial charge is 0.505 e. The lowest BCUT2D eigenvalue weighted by atomic mass is 10.2.